The van der Waals surface area contributed by atoms with Gasteiger partial charge in [0.05, 0.1) is 19.8 Å². The summed E-state index contributed by atoms with van der Waals surface area (Å²) in [6.45, 7) is 4.38. The van der Waals surface area contributed by atoms with Gasteiger partial charge in [-0.25, -0.2) is 4.57 Å². The van der Waals surface area contributed by atoms with E-state index < -0.39 is 57.8 Å². The molecule has 11 nitrogen and oxygen atoms in total. The van der Waals surface area contributed by atoms with Crippen molar-refractivity contribution in [2.45, 2.75) is 277 Å². The number of unbranched alkanes of at least 4 members (excludes halogenated alkanes) is 23. The van der Waals surface area contributed by atoms with E-state index >= 15 is 0 Å². The molecule has 0 amide bonds. The number of rotatable bonds is 58. The average molecular weight is 1140 g/mol. The van der Waals surface area contributed by atoms with E-state index in [0.717, 1.165) is 122 Å². The summed E-state index contributed by atoms with van der Waals surface area (Å²) in [6.07, 6.45) is 74.7. The van der Waals surface area contributed by atoms with Crippen LogP contribution in [0.25, 0.3) is 0 Å². The zero-order valence-corrected chi connectivity index (χ0v) is 51.7. The summed E-state index contributed by atoms with van der Waals surface area (Å²) in [6, 6.07) is 0. The molecule has 0 fully saturated rings. The second kappa shape index (κ2) is 61.2. The van der Waals surface area contributed by atoms with E-state index in [4.69, 9.17) is 23.3 Å². The van der Waals surface area contributed by atoms with Crippen molar-refractivity contribution >= 4 is 25.7 Å². The highest BCUT2D eigenvalue weighted by atomic mass is 31.2. The molecule has 0 bridgehead atoms. The molecule has 0 aromatic heterocycles. The number of aliphatic hydroxyl groups excluding tert-OH is 1. The third-order valence-corrected chi connectivity index (χ3v) is 14.1. The highest BCUT2D eigenvalue weighted by molar-refractivity contribution is 7.47. The maximum absolute atomic E-state index is 13.0. The Kier molecular flexibility index (Phi) is 58.3. The molecule has 0 radical (unpaired) electrons. The van der Waals surface area contributed by atoms with Gasteiger partial charge in [0.15, 0.2) is 6.10 Å². The Morgan fingerprint density at radius 1 is 0.362 bits per heavy atom. The highest BCUT2D eigenvalue weighted by Gasteiger charge is 2.28. The molecule has 0 spiro atoms. The third kappa shape index (κ3) is 58.8. The van der Waals surface area contributed by atoms with Crippen LogP contribution in [-0.2, 0) is 42.2 Å². The Morgan fingerprint density at radius 2 is 0.650 bits per heavy atom. The molecule has 12 heteroatoms. The normalized spacial score (nSPS) is 14.0. The van der Waals surface area contributed by atoms with Gasteiger partial charge in [-0.05, 0) is 103 Å². The molecule has 0 saturated carbocycles. The quantitative estimate of drug-likeness (QED) is 0.0197. The molecular weight excluding hydrogens is 1020 g/mol. The Labute approximate surface area is 488 Å². The number of phosphoric ester groups is 1. The van der Waals surface area contributed by atoms with Crippen LogP contribution < -0.4 is 0 Å². The number of aliphatic hydroxyl groups is 1. The van der Waals surface area contributed by atoms with E-state index in [1.54, 1.807) is 0 Å². The van der Waals surface area contributed by atoms with Gasteiger partial charge in [-0.1, -0.05) is 252 Å². The van der Waals surface area contributed by atoms with Gasteiger partial charge in [-0.3, -0.25) is 23.4 Å². The molecule has 0 saturated heterocycles. The van der Waals surface area contributed by atoms with Crippen LogP contribution in [0.4, 0.5) is 0 Å². The number of ether oxygens (including phenoxy) is 3. The van der Waals surface area contributed by atoms with E-state index in [0.29, 0.717) is 19.3 Å². The fraction of sp³-hybridized carbons (Fsp3) is 0.691. The summed E-state index contributed by atoms with van der Waals surface area (Å²) >= 11 is 0. The molecule has 0 rings (SSSR count). The maximum Gasteiger partial charge on any atom is 0.472 e. The van der Waals surface area contributed by atoms with Gasteiger partial charge in [0.2, 0.25) is 0 Å². The monoisotopic (exact) mass is 1140 g/mol. The van der Waals surface area contributed by atoms with Gasteiger partial charge in [0.1, 0.15) is 12.7 Å². The lowest BCUT2D eigenvalue weighted by atomic mass is 10.0. The average Bonchev–Trinajstić information content (AvgIpc) is 3.45. The summed E-state index contributed by atoms with van der Waals surface area (Å²) in [5.74, 6) is -1.53. The number of hydrogen-bond acceptors (Lipinski definition) is 10. The molecule has 80 heavy (non-hydrogen) atoms. The summed E-state index contributed by atoms with van der Waals surface area (Å²) in [4.78, 5) is 48.7. The van der Waals surface area contributed by atoms with Gasteiger partial charge in [0, 0.05) is 19.3 Å². The Balaban J connectivity index is 4.79. The largest absolute Gasteiger partial charge is 0.472 e. The van der Waals surface area contributed by atoms with Crippen LogP contribution in [-0.4, -0.2) is 66.5 Å². The molecule has 458 valence electrons. The van der Waals surface area contributed by atoms with Gasteiger partial charge < -0.3 is 24.2 Å². The number of esters is 3. The molecule has 3 unspecified atom stereocenters. The Hall–Kier alpha value is -3.86. The van der Waals surface area contributed by atoms with Crippen molar-refractivity contribution in [1.82, 2.24) is 0 Å². The first-order chi connectivity index (χ1) is 39.2. The predicted molar refractivity (Wildman–Crippen MR) is 334 cm³/mol. The zero-order chi connectivity index (χ0) is 58.3. The molecule has 3 atom stereocenters. The lowest BCUT2D eigenvalue weighted by Crippen LogP contribution is -2.30. The second-order valence-corrected chi connectivity index (χ2v) is 22.3. The van der Waals surface area contributed by atoms with Gasteiger partial charge in [-0.15, -0.1) is 0 Å². The maximum atomic E-state index is 13.0. The van der Waals surface area contributed by atoms with Crippen molar-refractivity contribution in [1.29, 1.82) is 0 Å². The van der Waals surface area contributed by atoms with Crippen LogP contribution in [0.5, 0.6) is 0 Å². The van der Waals surface area contributed by atoms with Crippen LogP contribution in [0.15, 0.2) is 109 Å². The first-order valence-electron chi connectivity index (χ1n) is 31.8. The zero-order valence-electron chi connectivity index (χ0n) is 50.8. The first-order valence-corrected chi connectivity index (χ1v) is 33.3. The van der Waals surface area contributed by atoms with Crippen molar-refractivity contribution < 1.29 is 52.2 Å². The minimum atomic E-state index is -4.77. The molecule has 0 aromatic rings. The summed E-state index contributed by atoms with van der Waals surface area (Å²) in [7, 11) is -4.77. The van der Waals surface area contributed by atoms with Crippen LogP contribution in [0.1, 0.15) is 265 Å². The highest BCUT2D eigenvalue weighted by Crippen LogP contribution is 2.43. The molecule has 0 heterocycles. The Morgan fingerprint density at radius 3 is 1.01 bits per heavy atom. The van der Waals surface area contributed by atoms with Crippen molar-refractivity contribution in [3.05, 3.63) is 109 Å². The third-order valence-electron chi connectivity index (χ3n) is 13.2. The summed E-state index contributed by atoms with van der Waals surface area (Å²) < 4.78 is 39.6. The number of carbonyl (C=O) groups is 3. The molecule has 0 aliphatic rings. The Bertz CT molecular complexity index is 1760. The van der Waals surface area contributed by atoms with E-state index in [1.807, 2.05) is 0 Å². The SMILES string of the molecule is CC/C=C\C/C=C\C/C=C\C/C=C\C/C=C\CCCCCC(=O)OC(COC(=O)CCCCCCCCCCCCCCCCCCC)COP(=O)(O)OCC(CO)OC(=O)CCCCCC/C=C\C/C=C\C/C=C\C/C=C\CC. The number of phosphoric acid groups is 1. The molecule has 0 aliphatic heterocycles. The van der Waals surface area contributed by atoms with Crippen LogP contribution >= 0.6 is 7.82 Å². The fourth-order valence-electron chi connectivity index (χ4n) is 8.43. The molecule has 0 aromatic carbocycles. The van der Waals surface area contributed by atoms with Gasteiger partial charge in [0.25, 0.3) is 0 Å². The molecule has 0 aliphatic carbocycles. The van der Waals surface area contributed by atoms with Crippen LogP contribution in [0.3, 0.4) is 0 Å². The van der Waals surface area contributed by atoms with E-state index in [2.05, 4.69) is 130 Å². The predicted octanol–water partition coefficient (Wildman–Crippen LogP) is 19.4. The smallest absolute Gasteiger partial charge is 0.462 e. The number of hydrogen-bond donors (Lipinski definition) is 2. The topological polar surface area (TPSA) is 155 Å². The minimum Gasteiger partial charge on any atom is -0.462 e. The molecular formula is C68H115O11P. The van der Waals surface area contributed by atoms with Crippen molar-refractivity contribution in [2.24, 2.45) is 0 Å². The lowest BCUT2D eigenvalue weighted by Gasteiger charge is -2.21. The van der Waals surface area contributed by atoms with Crippen LogP contribution in [0, 0.1) is 0 Å². The van der Waals surface area contributed by atoms with Crippen molar-refractivity contribution in [2.75, 3.05) is 26.4 Å². The van der Waals surface area contributed by atoms with E-state index in [9.17, 15) is 28.9 Å². The second-order valence-electron chi connectivity index (χ2n) is 20.8. The number of carbonyl (C=O) groups excluding carboxylic acids is 3. The first kappa shape index (κ1) is 76.1. The van der Waals surface area contributed by atoms with E-state index in [-0.39, 0.29) is 25.9 Å². The van der Waals surface area contributed by atoms with Gasteiger partial charge in [-0.2, -0.15) is 0 Å². The van der Waals surface area contributed by atoms with Crippen molar-refractivity contribution in [3.8, 4) is 0 Å². The lowest BCUT2D eigenvalue weighted by molar-refractivity contribution is -0.161. The number of allylic oxidation sites excluding steroid dienone is 18. The summed E-state index contributed by atoms with van der Waals surface area (Å²) in [5, 5.41) is 9.85. The van der Waals surface area contributed by atoms with Gasteiger partial charge >= 0.3 is 25.7 Å². The standard InChI is InChI=1S/C68H115O11P/c1-4-7-10-13-16-19-22-25-28-31-32-35-38-41-44-47-50-53-56-59-68(72)79-65(61-75-66(70)57-54-51-48-45-42-39-36-33-29-26-23-20-17-14-11-8-5-2)63-77-80(73,74)76-62-64(60-69)78-67(71)58-55-52-49-46-43-40-37-34-30-27-24-21-18-15-12-9-6-3/h7,9-10,12,16,18-19,21,25,27-28,30,32,35,37,40-41,44,64-65,69H,4-6,8,11,13-15,17,20,22-24,26,29,31,33-34,36,38-39,42-43,45-63H2,1-3H3,(H,73,74)/b10-7-,12-9-,19-16-,21-18-,28-25-,30-27-,35-32-,40-37-,44-41-. The van der Waals surface area contributed by atoms with E-state index in [1.165, 1.54) is 83.5 Å². The van der Waals surface area contributed by atoms with Crippen molar-refractivity contribution in [3.63, 3.8) is 0 Å². The summed E-state index contributed by atoms with van der Waals surface area (Å²) in [5.41, 5.74) is 0. The fourth-order valence-corrected chi connectivity index (χ4v) is 9.22. The van der Waals surface area contributed by atoms with Crippen LogP contribution in [0.2, 0.25) is 0 Å². The minimum absolute atomic E-state index is 0.123. The molecule has 2 N–H and O–H groups in total.